The highest BCUT2D eigenvalue weighted by atomic mass is 19.4. The number of anilines is 3. The molecule has 2 aromatic rings. The Morgan fingerprint density at radius 2 is 1.65 bits per heavy atom. The Kier molecular flexibility index (Phi) is 3.61. The number of alkyl halides is 3. The second-order valence-corrected chi connectivity index (χ2v) is 4.62. The molecule has 20 heavy (non-hydrogen) atoms. The van der Waals surface area contributed by atoms with Crippen LogP contribution >= 0.6 is 0 Å². The van der Waals surface area contributed by atoms with Crippen LogP contribution in [0.3, 0.4) is 0 Å². The van der Waals surface area contributed by atoms with E-state index >= 15 is 0 Å². The third-order valence-electron chi connectivity index (χ3n) is 3.19. The van der Waals surface area contributed by atoms with E-state index in [2.05, 4.69) is 0 Å². The molecule has 0 aromatic heterocycles. The molecule has 106 valence electrons. The lowest BCUT2D eigenvalue weighted by molar-refractivity contribution is -0.137. The number of halogens is 3. The van der Waals surface area contributed by atoms with Crippen LogP contribution in [0, 0.1) is 6.92 Å². The molecule has 0 bridgehead atoms. The molecule has 0 aliphatic carbocycles. The second-order valence-electron chi connectivity index (χ2n) is 4.62. The Balaban J connectivity index is 2.42. The normalized spacial score (nSPS) is 11.4. The summed E-state index contributed by atoms with van der Waals surface area (Å²) < 4.78 is 37.9. The molecule has 0 saturated heterocycles. The topological polar surface area (TPSA) is 29.3 Å². The largest absolute Gasteiger partial charge is 0.416 e. The molecule has 2 aromatic carbocycles. The third kappa shape index (κ3) is 2.71. The first kappa shape index (κ1) is 14.2. The third-order valence-corrected chi connectivity index (χ3v) is 3.19. The summed E-state index contributed by atoms with van der Waals surface area (Å²) in [7, 11) is 1.78. The molecular weight excluding hydrogens is 265 g/mol. The summed E-state index contributed by atoms with van der Waals surface area (Å²) >= 11 is 0. The van der Waals surface area contributed by atoms with Gasteiger partial charge in [0.25, 0.3) is 0 Å². The van der Waals surface area contributed by atoms with Gasteiger partial charge in [0.05, 0.1) is 16.9 Å². The fraction of sp³-hybridized carbons (Fsp3) is 0.200. The molecular formula is C15H15F3N2. The molecule has 2 rings (SSSR count). The Labute approximate surface area is 115 Å². The molecule has 0 saturated carbocycles. The van der Waals surface area contributed by atoms with Gasteiger partial charge in [-0.1, -0.05) is 18.2 Å². The van der Waals surface area contributed by atoms with Crippen LogP contribution in [0.25, 0.3) is 0 Å². The monoisotopic (exact) mass is 280 g/mol. The van der Waals surface area contributed by atoms with Gasteiger partial charge in [0.1, 0.15) is 0 Å². The highest BCUT2D eigenvalue weighted by Crippen LogP contribution is 2.36. The van der Waals surface area contributed by atoms with E-state index in [1.165, 1.54) is 6.07 Å². The number of hydrogen-bond donors (Lipinski definition) is 1. The highest BCUT2D eigenvalue weighted by molar-refractivity contribution is 5.76. The minimum Gasteiger partial charge on any atom is -0.397 e. The average molecular weight is 280 g/mol. The van der Waals surface area contributed by atoms with E-state index in [9.17, 15) is 13.2 Å². The molecule has 2 nitrogen and oxygen atoms in total. The quantitative estimate of drug-likeness (QED) is 0.828. The summed E-state index contributed by atoms with van der Waals surface area (Å²) in [5.41, 5.74) is 7.60. The summed E-state index contributed by atoms with van der Waals surface area (Å²) in [5, 5.41) is 0. The van der Waals surface area contributed by atoms with Crippen molar-refractivity contribution >= 4 is 17.1 Å². The molecule has 0 aliphatic rings. The number of hydrogen-bond acceptors (Lipinski definition) is 2. The minimum absolute atomic E-state index is 0.102. The molecule has 0 fully saturated rings. The second kappa shape index (κ2) is 5.07. The molecule has 0 heterocycles. The Hall–Kier alpha value is -2.17. The number of nitrogen functional groups attached to an aromatic ring is 1. The smallest absolute Gasteiger partial charge is 0.397 e. The zero-order valence-electron chi connectivity index (χ0n) is 11.2. The SMILES string of the molecule is Cc1ccccc1N(C)c1ccc(C(F)(F)F)cc1N. The first-order chi connectivity index (χ1) is 9.30. The van der Waals surface area contributed by atoms with Crippen molar-refractivity contribution in [1.82, 2.24) is 0 Å². The van der Waals surface area contributed by atoms with Gasteiger partial charge in [0, 0.05) is 12.7 Å². The van der Waals surface area contributed by atoms with Crippen molar-refractivity contribution in [3.05, 3.63) is 53.6 Å². The van der Waals surface area contributed by atoms with Gasteiger partial charge in [0.2, 0.25) is 0 Å². The van der Waals surface area contributed by atoms with E-state index in [4.69, 9.17) is 5.73 Å². The lowest BCUT2D eigenvalue weighted by atomic mass is 10.1. The Morgan fingerprint density at radius 1 is 1.00 bits per heavy atom. The maximum Gasteiger partial charge on any atom is 0.416 e. The predicted octanol–water partition coefficient (Wildman–Crippen LogP) is 4.36. The maximum atomic E-state index is 12.6. The van der Waals surface area contributed by atoms with Gasteiger partial charge in [-0.2, -0.15) is 13.2 Å². The van der Waals surface area contributed by atoms with Crippen LogP contribution in [0.4, 0.5) is 30.2 Å². The van der Waals surface area contributed by atoms with Crippen molar-refractivity contribution in [2.45, 2.75) is 13.1 Å². The number of aryl methyl sites for hydroxylation is 1. The van der Waals surface area contributed by atoms with Gasteiger partial charge in [-0.25, -0.2) is 0 Å². The molecule has 0 atom stereocenters. The molecule has 0 radical (unpaired) electrons. The predicted molar refractivity (Wildman–Crippen MR) is 75.1 cm³/mol. The Bertz CT molecular complexity index is 621. The molecule has 0 spiro atoms. The Morgan fingerprint density at radius 3 is 2.20 bits per heavy atom. The van der Waals surface area contributed by atoms with Crippen LogP contribution < -0.4 is 10.6 Å². The lowest BCUT2D eigenvalue weighted by Crippen LogP contribution is -2.14. The van der Waals surface area contributed by atoms with Gasteiger partial charge >= 0.3 is 6.18 Å². The van der Waals surface area contributed by atoms with Gasteiger partial charge in [0.15, 0.2) is 0 Å². The van der Waals surface area contributed by atoms with Gasteiger partial charge < -0.3 is 10.6 Å². The first-order valence-corrected chi connectivity index (χ1v) is 6.07. The van der Waals surface area contributed by atoms with Crippen molar-refractivity contribution < 1.29 is 13.2 Å². The van der Waals surface area contributed by atoms with Crippen molar-refractivity contribution in [1.29, 1.82) is 0 Å². The number of para-hydroxylation sites is 1. The van der Waals surface area contributed by atoms with E-state index in [0.717, 1.165) is 23.4 Å². The van der Waals surface area contributed by atoms with Crippen LogP contribution in [-0.4, -0.2) is 7.05 Å². The van der Waals surface area contributed by atoms with Crippen molar-refractivity contribution in [3.8, 4) is 0 Å². The van der Waals surface area contributed by atoms with Gasteiger partial charge in [-0.3, -0.25) is 0 Å². The fourth-order valence-corrected chi connectivity index (χ4v) is 2.11. The van der Waals surface area contributed by atoms with E-state index in [-0.39, 0.29) is 5.69 Å². The zero-order chi connectivity index (χ0) is 14.9. The summed E-state index contributed by atoms with van der Waals surface area (Å²) in [6.07, 6.45) is -4.38. The summed E-state index contributed by atoms with van der Waals surface area (Å²) in [5.74, 6) is 0. The summed E-state index contributed by atoms with van der Waals surface area (Å²) in [4.78, 5) is 1.78. The fourth-order valence-electron chi connectivity index (χ4n) is 2.11. The van der Waals surface area contributed by atoms with E-state index in [0.29, 0.717) is 5.69 Å². The number of rotatable bonds is 2. The molecule has 0 unspecified atom stereocenters. The van der Waals surface area contributed by atoms with Crippen LogP contribution in [0.1, 0.15) is 11.1 Å². The van der Waals surface area contributed by atoms with Crippen LogP contribution in [0.5, 0.6) is 0 Å². The molecule has 0 amide bonds. The summed E-state index contributed by atoms with van der Waals surface area (Å²) in [6.45, 7) is 1.94. The lowest BCUT2D eigenvalue weighted by Gasteiger charge is -2.23. The summed E-state index contributed by atoms with van der Waals surface area (Å²) in [6, 6.07) is 11.0. The number of benzene rings is 2. The number of nitrogens with zero attached hydrogens (tertiary/aromatic N) is 1. The van der Waals surface area contributed by atoms with E-state index in [1.54, 1.807) is 11.9 Å². The minimum atomic E-state index is -4.38. The average Bonchev–Trinajstić information content (AvgIpc) is 2.37. The van der Waals surface area contributed by atoms with Crippen molar-refractivity contribution in [2.75, 3.05) is 17.7 Å². The first-order valence-electron chi connectivity index (χ1n) is 6.07. The highest BCUT2D eigenvalue weighted by Gasteiger charge is 2.31. The van der Waals surface area contributed by atoms with Crippen LogP contribution in [0.15, 0.2) is 42.5 Å². The molecule has 0 aliphatic heterocycles. The van der Waals surface area contributed by atoms with E-state index < -0.39 is 11.7 Å². The zero-order valence-corrected chi connectivity index (χ0v) is 11.2. The van der Waals surface area contributed by atoms with Gasteiger partial charge in [-0.15, -0.1) is 0 Å². The van der Waals surface area contributed by atoms with Crippen molar-refractivity contribution in [3.63, 3.8) is 0 Å². The van der Waals surface area contributed by atoms with Crippen LogP contribution in [0.2, 0.25) is 0 Å². The van der Waals surface area contributed by atoms with Crippen molar-refractivity contribution in [2.24, 2.45) is 0 Å². The molecule has 5 heteroatoms. The standard InChI is InChI=1S/C15H15F3N2/c1-10-5-3-4-6-13(10)20(2)14-8-7-11(9-12(14)19)15(16,17)18/h3-9H,19H2,1-2H3. The maximum absolute atomic E-state index is 12.6. The van der Waals surface area contributed by atoms with Crippen LogP contribution in [-0.2, 0) is 6.18 Å². The van der Waals surface area contributed by atoms with Gasteiger partial charge in [-0.05, 0) is 36.8 Å². The number of nitrogens with two attached hydrogens (primary N) is 1. The van der Waals surface area contributed by atoms with E-state index in [1.807, 2.05) is 31.2 Å². The molecule has 2 N–H and O–H groups in total.